The maximum absolute atomic E-state index is 10.7. The van der Waals surface area contributed by atoms with Gasteiger partial charge in [-0.15, -0.1) is 10.2 Å². The first-order chi connectivity index (χ1) is 9.50. The Kier molecular flexibility index (Phi) is 4.91. The van der Waals surface area contributed by atoms with E-state index in [-0.39, 0.29) is 11.8 Å². The summed E-state index contributed by atoms with van der Waals surface area (Å²) in [5.41, 5.74) is 0. The van der Waals surface area contributed by atoms with Crippen molar-refractivity contribution in [1.29, 1.82) is 0 Å². The fourth-order valence-electron chi connectivity index (χ4n) is 2.64. The summed E-state index contributed by atoms with van der Waals surface area (Å²) in [5.74, 6) is 0.0247. The number of rotatable bonds is 6. The average Bonchev–Trinajstić information content (AvgIpc) is 3.04. The van der Waals surface area contributed by atoms with E-state index in [1.165, 1.54) is 37.4 Å². The largest absolute Gasteiger partial charge is 0.481 e. The van der Waals surface area contributed by atoms with Crippen LogP contribution < -0.4 is 4.90 Å². The highest BCUT2D eigenvalue weighted by Crippen LogP contribution is 2.30. The van der Waals surface area contributed by atoms with Gasteiger partial charge in [-0.3, -0.25) is 9.36 Å². The van der Waals surface area contributed by atoms with Crippen molar-refractivity contribution in [3.05, 3.63) is 0 Å². The molecule has 7 heteroatoms. The lowest BCUT2D eigenvalue weighted by molar-refractivity contribution is -0.133. The number of anilines is 1. The predicted octanol–water partition coefficient (Wildman–Crippen LogP) is 2.41. The molecule has 1 N–H and O–H groups in total. The molecule has 0 spiro atoms. The molecule has 1 saturated carbocycles. The van der Waals surface area contributed by atoms with Crippen molar-refractivity contribution in [1.82, 2.24) is 14.8 Å². The molecule has 1 aromatic heterocycles. The summed E-state index contributed by atoms with van der Waals surface area (Å²) in [6.07, 6.45) is 4.93. The fraction of sp³-hybridized carbons (Fsp3) is 0.769. The predicted molar refractivity (Wildman–Crippen MR) is 79.4 cm³/mol. The Morgan fingerprint density at radius 3 is 2.65 bits per heavy atom. The van der Waals surface area contributed by atoms with Gasteiger partial charge in [-0.05, 0) is 26.7 Å². The quantitative estimate of drug-likeness (QED) is 0.813. The van der Waals surface area contributed by atoms with Gasteiger partial charge in [0.2, 0.25) is 5.95 Å². The summed E-state index contributed by atoms with van der Waals surface area (Å²) in [5, 5.41) is 17.9. The lowest BCUT2D eigenvalue weighted by Gasteiger charge is -2.26. The maximum atomic E-state index is 10.7. The maximum Gasteiger partial charge on any atom is 0.313 e. The number of nitrogens with zero attached hydrogens (tertiary/aromatic N) is 4. The Balaban J connectivity index is 2.21. The van der Waals surface area contributed by atoms with E-state index in [2.05, 4.69) is 36.0 Å². The number of carbonyl (C=O) groups is 1. The van der Waals surface area contributed by atoms with E-state index in [9.17, 15) is 4.79 Å². The SMILES string of the molecule is CC(C)n1c(SCC(=O)O)nnc1N(C)C1CCCC1. The molecule has 0 aliphatic heterocycles. The molecule has 1 fully saturated rings. The van der Waals surface area contributed by atoms with Crippen LogP contribution in [0, 0.1) is 0 Å². The second-order valence-corrected chi connectivity index (χ2v) is 6.42. The van der Waals surface area contributed by atoms with Gasteiger partial charge >= 0.3 is 5.97 Å². The van der Waals surface area contributed by atoms with E-state index in [4.69, 9.17) is 5.11 Å². The van der Waals surface area contributed by atoms with E-state index in [1.54, 1.807) is 0 Å². The number of aliphatic carboxylic acids is 1. The highest BCUT2D eigenvalue weighted by atomic mass is 32.2. The second-order valence-electron chi connectivity index (χ2n) is 5.48. The summed E-state index contributed by atoms with van der Waals surface area (Å²) >= 11 is 1.23. The molecule has 6 nitrogen and oxygen atoms in total. The third kappa shape index (κ3) is 3.26. The molecule has 0 aromatic carbocycles. The molecule has 20 heavy (non-hydrogen) atoms. The van der Waals surface area contributed by atoms with Crippen molar-refractivity contribution in [3.8, 4) is 0 Å². The lowest BCUT2D eigenvalue weighted by Crippen LogP contribution is -2.31. The minimum atomic E-state index is -0.834. The molecule has 0 amide bonds. The minimum Gasteiger partial charge on any atom is -0.481 e. The van der Waals surface area contributed by atoms with Crippen molar-refractivity contribution in [2.45, 2.75) is 56.8 Å². The summed E-state index contributed by atoms with van der Waals surface area (Å²) in [6.45, 7) is 4.14. The highest BCUT2D eigenvalue weighted by molar-refractivity contribution is 7.99. The summed E-state index contributed by atoms with van der Waals surface area (Å²) in [6, 6.07) is 0.731. The molecule has 2 rings (SSSR count). The molecule has 1 heterocycles. The van der Waals surface area contributed by atoms with Crippen LogP contribution in [0.15, 0.2) is 5.16 Å². The van der Waals surface area contributed by atoms with Gasteiger partial charge in [-0.25, -0.2) is 0 Å². The number of carboxylic acids is 1. The zero-order chi connectivity index (χ0) is 14.7. The van der Waals surface area contributed by atoms with Crippen LogP contribution in [-0.4, -0.2) is 44.7 Å². The monoisotopic (exact) mass is 298 g/mol. The van der Waals surface area contributed by atoms with Crippen LogP contribution in [0.4, 0.5) is 5.95 Å². The van der Waals surface area contributed by atoms with Crippen molar-refractivity contribution in [2.75, 3.05) is 17.7 Å². The molecular formula is C13H22N4O2S. The van der Waals surface area contributed by atoms with Gasteiger partial charge in [-0.1, -0.05) is 24.6 Å². The van der Waals surface area contributed by atoms with E-state index in [1.807, 2.05) is 4.57 Å². The standard InChI is InChI=1S/C13H22N4O2S/c1-9(2)17-12(16(3)10-6-4-5-7-10)14-15-13(17)20-8-11(18)19/h9-10H,4-8H2,1-3H3,(H,18,19). The fourth-order valence-corrected chi connectivity index (χ4v) is 3.42. The van der Waals surface area contributed by atoms with Crippen LogP contribution in [0.5, 0.6) is 0 Å². The molecule has 1 aliphatic carbocycles. The van der Waals surface area contributed by atoms with E-state index in [0.29, 0.717) is 11.2 Å². The molecule has 112 valence electrons. The Labute approximate surface area is 123 Å². The van der Waals surface area contributed by atoms with Gasteiger partial charge < -0.3 is 10.0 Å². The number of carboxylic acid groups (broad SMARTS) is 1. The van der Waals surface area contributed by atoms with Gasteiger partial charge in [0.15, 0.2) is 5.16 Å². The zero-order valence-corrected chi connectivity index (χ0v) is 13.1. The second kappa shape index (κ2) is 6.47. The van der Waals surface area contributed by atoms with Crippen molar-refractivity contribution in [3.63, 3.8) is 0 Å². The van der Waals surface area contributed by atoms with E-state index < -0.39 is 5.97 Å². The van der Waals surface area contributed by atoms with Crippen LogP contribution in [0.2, 0.25) is 0 Å². The van der Waals surface area contributed by atoms with Gasteiger partial charge in [-0.2, -0.15) is 0 Å². The first-order valence-corrected chi connectivity index (χ1v) is 8.01. The third-order valence-corrected chi connectivity index (χ3v) is 4.60. The molecule has 0 atom stereocenters. The van der Waals surface area contributed by atoms with Crippen molar-refractivity contribution >= 4 is 23.7 Å². The Bertz CT molecular complexity index is 469. The normalized spacial score (nSPS) is 16.0. The number of thioether (sulfide) groups is 1. The summed E-state index contributed by atoms with van der Waals surface area (Å²) in [4.78, 5) is 12.9. The van der Waals surface area contributed by atoms with Crippen LogP contribution in [-0.2, 0) is 4.79 Å². The molecule has 1 aromatic rings. The summed E-state index contributed by atoms with van der Waals surface area (Å²) < 4.78 is 2.03. The molecular weight excluding hydrogens is 276 g/mol. The van der Waals surface area contributed by atoms with Crippen LogP contribution in [0.25, 0.3) is 0 Å². The Hall–Kier alpha value is -1.24. The minimum absolute atomic E-state index is 0.0119. The lowest BCUT2D eigenvalue weighted by atomic mass is 10.2. The van der Waals surface area contributed by atoms with Crippen LogP contribution in [0.1, 0.15) is 45.6 Å². The molecule has 1 aliphatic rings. The molecule has 0 saturated heterocycles. The topological polar surface area (TPSA) is 71.2 Å². The number of hydrogen-bond donors (Lipinski definition) is 1. The Morgan fingerprint density at radius 2 is 2.10 bits per heavy atom. The van der Waals surface area contributed by atoms with Gasteiger partial charge in [0.25, 0.3) is 0 Å². The average molecular weight is 298 g/mol. The van der Waals surface area contributed by atoms with Gasteiger partial charge in [0, 0.05) is 19.1 Å². The van der Waals surface area contributed by atoms with Crippen molar-refractivity contribution < 1.29 is 9.90 Å². The Morgan fingerprint density at radius 1 is 1.45 bits per heavy atom. The molecule has 0 bridgehead atoms. The third-order valence-electron chi connectivity index (χ3n) is 3.68. The number of hydrogen-bond acceptors (Lipinski definition) is 5. The van der Waals surface area contributed by atoms with E-state index in [0.717, 1.165) is 5.95 Å². The van der Waals surface area contributed by atoms with Crippen LogP contribution >= 0.6 is 11.8 Å². The van der Waals surface area contributed by atoms with Gasteiger partial charge in [0.05, 0.1) is 5.75 Å². The van der Waals surface area contributed by atoms with E-state index >= 15 is 0 Å². The first kappa shape index (κ1) is 15.2. The molecule has 0 radical (unpaired) electrons. The highest BCUT2D eigenvalue weighted by Gasteiger charge is 2.26. The summed E-state index contributed by atoms with van der Waals surface area (Å²) in [7, 11) is 2.06. The number of aromatic nitrogens is 3. The van der Waals surface area contributed by atoms with Gasteiger partial charge in [0.1, 0.15) is 0 Å². The molecule has 0 unspecified atom stereocenters. The van der Waals surface area contributed by atoms with Crippen LogP contribution in [0.3, 0.4) is 0 Å². The smallest absolute Gasteiger partial charge is 0.313 e. The first-order valence-electron chi connectivity index (χ1n) is 7.03. The zero-order valence-electron chi connectivity index (χ0n) is 12.2. The van der Waals surface area contributed by atoms with Crippen molar-refractivity contribution in [2.24, 2.45) is 0 Å².